The van der Waals surface area contributed by atoms with E-state index in [4.69, 9.17) is 9.47 Å². The lowest BCUT2D eigenvalue weighted by Crippen LogP contribution is -2.27. The Hall–Kier alpha value is -3.16. The minimum absolute atomic E-state index is 0.0336. The maximum atomic E-state index is 13.3. The molecule has 0 unspecified atom stereocenters. The largest absolute Gasteiger partial charge is 0.482 e. The summed E-state index contributed by atoms with van der Waals surface area (Å²) < 4.78 is 23.9. The number of anilines is 1. The summed E-state index contributed by atoms with van der Waals surface area (Å²) in [5.41, 5.74) is 0.168. The number of carbonyl (C=O) groups is 1. The van der Waals surface area contributed by atoms with Crippen LogP contribution in [-0.4, -0.2) is 16.6 Å². The van der Waals surface area contributed by atoms with Gasteiger partial charge < -0.3 is 9.47 Å². The van der Waals surface area contributed by atoms with E-state index < -0.39 is 22.4 Å². The molecule has 1 amide bonds. The van der Waals surface area contributed by atoms with E-state index in [1.807, 2.05) is 0 Å². The zero-order valence-electron chi connectivity index (χ0n) is 14.6. The maximum Gasteiger partial charge on any atom is 0.412 e. The number of halogens is 1. The third-order valence-electron chi connectivity index (χ3n) is 3.09. The van der Waals surface area contributed by atoms with Crippen molar-refractivity contribution in [1.29, 1.82) is 0 Å². The van der Waals surface area contributed by atoms with Crippen molar-refractivity contribution in [3.63, 3.8) is 0 Å². The number of hydrogen-bond donors (Lipinski definition) is 1. The highest BCUT2D eigenvalue weighted by molar-refractivity contribution is 5.84. The summed E-state index contributed by atoms with van der Waals surface area (Å²) >= 11 is 0. The summed E-state index contributed by atoms with van der Waals surface area (Å²) in [6.07, 6.45) is -0.601. The minimum atomic E-state index is -0.644. The van der Waals surface area contributed by atoms with E-state index in [1.165, 1.54) is 0 Å². The molecule has 2 aromatic rings. The van der Waals surface area contributed by atoms with Crippen LogP contribution in [0.1, 0.15) is 26.3 Å². The summed E-state index contributed by atoms with van der Waals surface area (Å²) in [4.78, 5) is 22.1. The Morgan fingerprint density at radius 3 is 2.62 bits per heavy atom. The van der Waals surface area contributed by atoms with Crippen LogP contribution in [0.15, 0.2) is 42.5 Å². The zero-order valence-corrected chi connectivity index (χ0v) is 14.6. The molecule has 26 heavy (non-hydrogen) atoms. The lowest BCUT2D eigenvalue weighted by atomic mass is 10.2. The van der Waals surface area contributed by atoms with Gasteiger partial charge in [0, 0.05) is 17.8 Å². The van der Waals surface area contributed by atoms with Crippen molar-refractivity contribution in [1.82, 2.24) is 0 Å². The Balaban J connectivity index is 2.07. The fourth-order valence-electron chi connectivity index (χ4n) is 2.08. The predicted octanol–water partition coefficient (Wildman–Crippen LogP) is 4.66. The topological polar surface area (TPSA) is 90.7 Å². The monoisotopic (exact) mass is 362 g/mol. The van der Waals surface area contributed by atoms with Crippen molar-refractivity contribution < 1.29 is 23.6 Å². The molecule has 0 spiro atoms. The molecular weight excluding hydrogens is 343 g/mol. The Bertz CT molecular complexity index is 817. The van der Waals surface area contributed by atoms with E-state index in [0.717, 1.165) is 18.2 Å². The fourth-order valence-corrected chi connectivity index (χ4v) is 2.08. The molecule has 0 saturated heterocycles. The standard InChI is InChI=1S/C18H19FN2O5/c1-18(2,3)26-17(22)20-14-6-4-5-12(9-14)11-25-16-10-13(19)7-8-15(16)21(23)24/h4-10H,11H2,1-3H3,(H,20,22). The molecule has 0 fully saturated rings. The van der Waals surface area contributed by atoms with Crippen molar-refractivity contribution in [2.24, 2.45) is 0 Å². The molecular formula is C18H19FN2O5. The van der Waals surface area contributed by atoms with Crippen molar-refractivity contribution in [2.75, 3.05) is 5.32 Å². The number of hydrogen-bond acceptors (Lipinski definition) is 5. The first-order chi connectivity index (χ1) is 12.1. The first kappa shape index (κ1) is 19.2. The van der Waals surface area contributed by atoms with Crippen LogP contribution in [-0.2, 0) is 11.3 Å². The Labute approximate surface area is 149 Å². The highest BCUT2D eigenvalue weighted by atomic mass is 19.1. The van der Waals surface area contributed by atoms with Crippen molar-refractivity contribution >= 4 is 17.5 Å². The number of nitrogens with one attached hydrogen (secondary N) is 1. The Kier molecular flexibility index (Phi) is 5.76. The SMILES string of the molecule is CC(C)(C)OC(=O)Nc1cccc(COc2cc(F)ccc2[N+](=O)[O-])c1. The molecule has 7 nitrogen and oxygen atoms in total. The van der Waals surface area contributed by atoms with Gasteiger partial charge in [0.1, 0.15) is 18.0 Å². The summed E-state index contributed by atoms with van der Waals surface area (Å²) in [6, 6.07) is 9.70. The third kappa shape index (κ3) is 5.73. The summed E-state index contributed by atoms with van der Waals surface area (Å²) in [5, 5.41) is 13.6. The maximum absolute atomic E-state index is 13.3. The van der Waals surface area contributed by atoms with Gasteiger partial charge in [0.2, 0.25) is 0 Å². The number of rotatable bonds is 5. The van der Waals surface area contributed by atoms with Crippen molar-refractivity contribution in [3.8, 4) is 5.75 Å². The number of nitro groups is 1. The third-order valence-corrected chi connectivity index (χ3v) is 3.09. The van der Waals surface area contributed by atoms with Crippen LogP contribution >= 0.6 is 0 Å². The summed E-state index contributed by atoms with van der Waals surface area (Å²) in [7, 11) is 0. The molecule has 2 aromatic carbocycles. The molecule has 2 rings (SSSR count). The number of nitrogens with zero attached hydrogens (tertiary/aromatic N) is 1. The molecule has 1 N–H and O–H groups in total. The van der Waals surface area contributed by atoms with Gasteiger partial charge in [0.15, 0.2) is 5.75 Å². The first-order valence-corrected chi connectivity index (χ1v) is 7.80. The second kappa shape index (κ2) is 7.81. The van der Waals surface area contributed by atoms with Gasteiger partial charge in [0.25, 0.3) is 0 Å². The van der Waals surface area contributed by atoms with Gasteiger partial charge in [0.05, 0.1) is 4.92 Å². The second-order valence-corrected chi connectivity index (χ2v) is 6.49. The molecule has 8 heteroatoms. The second-order valence-electron chi connectivity index (χ2n) is 6.49. The smallest absolute Gasteiger partial charge is 0.412 e. The van der Waals surface area contributed by atoms with Crippen LogP contribution in [0.2, 0.25) is 0 Å². The molecule has 0 aliphatic carbocycles. The average Bonchev–Trinajstić information content (AvgIpc) is 2.51. The molecule has 0 atom stereocenters. The average molecular weight is 362 g/mol. The van der Waals surface area contributed by atoms with E-state index in [-0.39, 0.29) is 18.0 Å². The van der Waals surface area contributed by atoms with Crippen LogP contribution < -0.4 is 10.1 Å². The van der Waals surface area contributed by atoms with Crippen LogP contribution in [0, 0.1) is 15.9 Å². The number of nitro benzene ring substituents is 1. The highest BCUT2D eigenvalue weighted by Gasteiger charge is 2.17. The van der Waals surface area contributed by atoms with Crippen LogP contribution in [0.3, 0.4) is 0 Å². The van der Waals surface area contributed by atoms with Gasteiger partial charge in [-0.2, -0.15) is 0 Å². The van der Waals surface area contributed by atoms with E-state index in [2.05, 4.69) is 5.32 Å². The minimum Gasteiger partial charge on any atom is -0.482 e. The zero-order chi connectivity index (χ0) is 19.3. The number of carbonyl (C=O) groups excluding carboxylic acids is 1. The molecule has 138 valence electrons. The molecule has 0 saturated carbocycles. The van der Waals surface area contributed by atoms with Crippen molar-refractivity contribution in [3.05, 3.63) is 64.0 Å². The van der Waals surface area contributed by atoms with E-state index >= 15 is 0 Å². The fraction of sp³-hybridized carbons (Fsp3) is 0.278. The lowest BCUT2D eigenvalue weighted by Gasteiger charge is -2.19. The van der Waals surface area contributed by atoms with Crippen LogP contribution in [0.25, 0.3) is 0 Å². The Morgan fingerprint density at radius 2 is 1.96 bits per heavy atom. The number of ether oxygens (including phenoxy) is 2. The normalized spacial score (nSPS) is 10.9. The van der Waals surface area contributed by atoms with Gasteiger partial charge in [-0.15, -0.1) is 0 Å². The number of benzene rings is 2. The van der Waals surface area contributed by atoms with Crippen LogP contribution in [0.4, 0.5) is 20.6 Å². The van der Waals surface area contributed by atoms with E-state index in [9.17, 15) is 19.3 Å². The molecule has 0 heterocycles. The van der Waals surface area contributed by atoms with Crippen LogP contribution in [0.5, 0.6) is 5.75 Å². The Morgan fingerprint density at radius 1 is 1.23 bits per heavy atom. The van der Waals surface area contributed by atoms with E-state index in [1.54, 1.807) is 45.0 Å². The highest BCUT2D eigenvalue weighted by Crippen LogP contribution is 2.28. The molecule has 0 aromatic heterocycles. The van der Waals surface area contributed by atoms with E-state index in [0.29, 0.717) is 11.3 Å². The lowest BCUT2D eigenvalue weighted by molar-refractivity contribution is -0.386. The molecule has 0 bridgehead atoms. The quantitative estimate of drug-likeness (QED) is 0.617. The number of amides is 1. The van der Waals surface area contributed by atoms with Crippen molar-refractivity contribution in [2.45, 2.75) is 33.0 Å². The summed E-state index contributed by atoms with van der Waals surface area (Å²) in [5.74, 6) is -0.800. The molecule has 0 aliphatic heterocycles. The van der Waals surface area contributed by atoms with Gasteiger partial charge in [-0.25, -0.2) is 9.18 Å². The first-order valence-electron chi connectivity index (χ1n) is 7.80. The van der Waals surface area contributed by atoms with Gasteiger partial charge in [-0.3, -0.25) is 15.4 Å². The molecule has 0 radical (unpaired) electrons. The van der Waals surface area contributed by atoms with Gasteiger partial charge >= 0.3 is 11.8 Å². The summed E-state index contributed by atoms with van der Waals surface area (Å²) in [6.45, 7) is 5.22. The van der Waals surface area contributed by atoms with Gasteiger partial charge in [-0.05, 0) is 44.5 Å². The predicted molar refractivity (Wildman–Crippen MR) is 93.7 cm³/mol. The molecule has 0 aliphatic rings. The van der Waals surface area contributed by atoms with Gasteiger partial charge in [-0.1, -0.05) is 12.1 Å².